The number of hydrogen-bond donors (Lipinski definition) is 3. The Hall–Kier alpha value is -2.55. The van der Waals surface area contributed by atoms with Crippen LogP contribution in [0.4, 0.5) is 5.69 Å². The van der Waals surface area contributed by atoms with Crippen molar-refractivity contribution in [1.29, 1.82) is 0 Å². The van der Waals surface area contributed by atoms with Crippen LogP contribution >= 0.6 is 7.60 Å². The summed E-state index contributed by atoms with van der Waals surface area (Å²) >= 11 is 0. The van der Waals surface area contributed by atoms with Crippen molar-refractivity contribution in [3.63, 3.8) is 0 Å². The van der Waals surface area contributed by atoms with Crippen molar-refractivity contribution in [2.75, 3.05) is 25.2 Å². The van der Waals surface area contributed by atoms with Crippen LogP contribution in [0, 0.1) is 6.92 Å². The summed E-state index contributed by atoms with van der Waals surface area (Å²) in [6.07, 6.45) is 2.06. The molecule has 0 bridgehead atoms. The molecule has 3 rings (SSSR count). The average Bonchev–Trinajstić information content (AvgIpc) is 2.64. The highest BCUT2D eigenvalue weighted by Crippen LogP contribution is 2.35. The number of rotatable bonds is 8. The molecule has 2 heterocycles. The van der Waals surface area contributed by atoms with E-state index in [0.29, 0.717) is 36.7 Å². The summed E-state index contributed by atoms with van der Waals surface area (Å²) in [5.74, 6) is 0. The van der Waals surface area contributed by atoms with E-state index in [0.717, 1.165) is 15.8 Å². The molecule has 0 saturated heterocycles. The van der Waals surface area contributed by atoms with Crippen LogP contribution in [0.3, 0.4) is 0 Å². The van der Waals surface area contributed by atoms with Gasteiger partial charge in [0.25, 0.3) is 5.56 Å². The Morgan fingerprint density at radius 1 is 1.07 bits per heavy atom. The zero-order valence-corrected chi connectivity index (χ0v) is 18.1. The lowest BCUT2D eigenvalue weighted by atomic mass is 10.1. The van der Waals surface area contributed by atoms with Crippen molar-refractivity contribution in [1.82, 2.24) is 19.5 Å². The second-order valence-electron chi connectivity index (χ2n) is 7.63. The van der Waals surface area contributed by atoms with Crippen LogP contribution in [0.1, 0.15) is 31.2 Å². The van der Waals surface area contributed by atoms with E-state index in [1.807, 2.05) is 38.1 Å². The molecule has 0 aliphatic rings. The first-order chi connectivity index (χ1) is 14.1. The van der Waals surface area contributed by atoms with E-state index in [9.17, 15) is 14.2 Å². The quantitative estimate of drug-likeness (QED) is 0.276. The van der Waals surface area contributed by atoms with Gasteiger partial charge in [0, 0.05) is 32.5 Å². The topological polar surface area (TPSA) is 141 Å². The van der Waals surface area contributed by atoms with Crippen molar-refractivity contribution in [2.45, 2.75) is 39.2 Å². The molecule has 10 nitrogen and oxygen atoms in total. The number of aromatic nitrogens is 4. The van der Waals surface area contributed by atoms with Gasteiger partial charge in [-0.2, -0.15) is 0 Å². The molecule has 0 unspecified atom stereocenters. The van der Waals surface area contributed by atoms with E-state index in [-0.39, 0.29) is 23.9 Å². The molecule has 30 heavy (non-hydrogen) atoms. The van der Waals surface area contributed by atoms with Gasteiger partial charge in [0.2, 0.25) is 0 Å². The van der Waals surface area contributed by atoms with Crippen molar-refractivity contribution >= 4 is 35.5 Å². The Kier molecular flexibility index (Phi) is 6.40. The first-order valence-electron chi connectivity index (χ1n) is 9.74. The number of anilines is 1. The number of nitrogens with one attached hydrogen (secondary N) is 1. The van der Waals surface area contributed by atoms with E-state index in [1.54, 1.807) is 0 Å². The Bertz CT molecular complexity index is 1240. The van der Waals surface area contributed by atoms with Crippen LogP contribution < -0.4 is 16.1 Å². The van der Waals surface area contributed by atoms with Crippen LogP contribution in [-0.4, -0.2) is 49.6 Å². The lowest BCUT2D eigenvalue weighted by Crippen LogP contribution is -2.35. The summed E-state index contributed by atoms with van der Waals surface area (Å²) in [4.78, 5) is 56.5. The smallest absolute Gasteiger partial charge is 0.330 e. The molecule has 2 aromatic heterocycles. The summed E-state index contributed by atoms with van der Waals surface area (Å²) in [5, 5.41) is 0. The van der Waals surface area contributed by atoms with Gasteiger partial charge >= 0.3 is 13.3 Å². The zero-order valence-electron chi connectivity index (χ0n) is 17.3. The SMILES string of the molecule is Cc1cc2nc3c(=O)n(CCCCCCP(=O)(O)O)c(=O)[nH]c3nc2cc1N(C)C. The summed E-state index contributed by atoms with van der Waals surface area (Å²) in [6, 6.07) is 3.74. The molecule has 11 heteroatoms. The number of fused-ring (bicyclic) bond motifs is 2. The van der Waals surface area contributed by atoms with Crippen molar-refractivity contribution < 1.29 is 14.4 Å². The monoisotopic (exact) mass is 435 g/mol. The van der Waals surface area contributed by atoms with Gasteiger partial charge in [0.05, 0.1) is 11.0 Å². The third-order valence-corrected chi connectivity index (χ3v) is 5.86. The van der Waals surface area contributed by atoms with Crippen molar-refractivity contribution in [2.24, 2.45) is 0 Å². The van der Waals surface area contributed by atoms with Gasteiger partial charge < -0.3 is 14.7 Å². The predicted molar refractivity (Wildman–Crippen MR) is 116 cm³/mol. The van der Waals surface area contributed by atoms with E-state index >= 15 is 0 Å². The molecule has 3 aromatic rings. The number of unbranched alkanes of at least 4 members (excludes halogenated alkanes) is 3. The van der Waals surface area contributed by atoms with Crippen LogP contribution in [0.25, 0.3) is 22.2 Å². The maximum absolute atomic E-state index is 12.8. The Morgan fingerprint density at radius 2 is 1.73 bits per heavy atom. The van der Waals surface area contributed by atoms with Crippen LogP contribution in [0.2, 0.25) is 0 Å². The van der Waals surface area contributed by atoms with Gasteiger partial charge in [0.1, 0.15) is 0 Å². The lowest BCUT2D eigenvalue weighted by Gasteiger charge is -2.16. The maximum Gasteiger partial charge on any atom is 0.330 e. The first-order valence-corrected chi connectivity index (χ1v) is 11.5. The van der Waals surface area contributed by atoms with Gasteiger partial charge in [-0.3, -0.25) is 18.9 Å². The van der Waals surface area contributed by atoms with Gasteiger partial charge in [-0.25, -0.2) is 14.8 Å². The minimum Gasteiger partial charge on any atom is -0.377 e. The summed E-state index contributed by atoms with van der Waals surface area (Å²) in [7, 11) is -0.124. The maximum atomic E-state index is 12.8. The highest BCUT2D eigenvalue weighted by atomic mass is 31.2. The molecule has 0 aliphatic carbocycles. The van der Waals surface area contributed by atoms with Crippen molar-refractivity contribution in [3.8, 4) is 0 Å². The number of aryl methyl sites for hydroxylation is 1. The Balaban J connectivity index is 1.86. The lowest BCUT2D eigenvalue weighted by molar-refractivity contribution is 0.370. The third kappa shape index (κ3) is 4.95. The summed E-state index contributed by atoms with van der Waals surface area (Å²) in [5.41, 5.74) is 2.38. The summed E-state index contributed by atoms with van der Waals surface area (Å²) in [6.45, 7) is 2.16. The van der Waals surface area contributed by atoms with E-state index < -0.39 is 18.8 Å². The minimum atomic E-state index is -3.98. The van der Waals surface area contributed by atoms with Crippen LogP contribution in [-0.2, 0) is 11.1 Å². The van der Waals surface area contributed by atoms with Gasteiger partial charge in [-0.1, -0.05) is 12.8 Å². The fourth-order valence-corrected chi connectivity index (χ4v) is 4.08. The fourth-order valence-electron chi connectivity index (χ4n) is 3.45. The number of benzene rings is 1. The molecule has 0 saturated carbocycles. The second-order valence-corrected chi connectivity index (χ2v) is 9.41. The first kappa shape index (κ1) is 22.1. The molecule has 0 spiro atoms. The van der Waals surface area contributed by atoms with Gasteiger partial charge in [-0.05, 0) is 37.5 Å². The number of nitrogens with zero attached hydrogens (tertiary/aromatic N) is 4. The average molecular weight is 435 g/mol. The molecule has 0 fully saturated rings. The third-order valence-electron chi connectivity index (χ3n) is 4.96. The molecule has 0 aliphatic heterocycles. The molecule has 0 radical (unpaired) electrons. The standard InChI is InChI=1S/C19H26N5O5P/c1-12-10-13-14(11-15(12)23(2)3)21-17-16(20-13)18(25)24(19(26)22-17)8-6-4-5-7-9-30(27,28)29/h10-11H,4-9H2,1-3H3,(H,21,22,26)(H2,27,28,29). The van der Waals surface area contributed by atoms with E-state index in [1.165, 1.54) is 0 Å². The summed E-state index contributed by atoms with van der Waals surface area (Å²) < 4.78 is 12.0. The zero-order chi connectivity index (χ0) is 22.1. The van der Waals surface area contributed by atoms with Crippen LogP contribution in [0.15, 0.2) is 21.7 Å². The molecule has 0 atom stereocenters. The Morgan fingerprint density at radius 3 is 2.40 bits per heavy atom. The van der Waals surface area contributed by atoms with Crippen LogP contribution in [0.5, 0.6) is 0 Å². The van der Waals surface area contributed by atoms with Gasteiger partial charge in [0.15, 0.2) is 11.2 Å². The molecule has 0 amide bonds. The Labute approximate surface area is 172 Å². The second kappa shape index (κ2) is 8.67. The normalized spacial score (nSPS) is 12.0. The van der Waals surface area contributed by atoms with Gasteiger partial charge in [-0.15, -0.1) is 0 Å². The number of hydrogen-bond acceptors (Lipinski definition) is 6. The van der Waals surface area contributed by atoms with Crippen molar-refractivity contribution in [3.05, 3.63) is 38.5 Å². The fraction of sp³-hybridized carbons (Fsp3) is 0.474. The molecule has 162 valence electrons. The molecular formula is C19H26N5O5P. The molecule has 1 aromatic carbocycles. The number of aromatic amines is 1. The highest BCUT2D eigenvalue weighted by Gasteiger charge is 2.14. The largest absolute Gasteiger partial charge is 0.377 e. The van der Waals surface area contributed by atoms with E-state index in [2.05, 4.69) is 15.0 Å². The van der Waals surface area contributed by atoms with E-state index in [4.69, 9.17) is 9.79 Å². The molecular weight excluding hydrogens is 409 g/mol. The minimum absolute atomic E-state index is 0.112. The predicted octanol–water partition coefficient (Wildman–Crippen LogP) is 1.75. The highest BCUT2D eigenvalue weighted by molar-refractivity contribution is 7.51. The number of H-pyrrole nitrogens is 1. The molecule has 3 N–H and O–H groups in total.